The largest absolute Gasteiger partial charge is 0.477 e. The lowest BCUT2D eigenvalue weighted by Crippen LogP contribution is -2.13. The van der Waals surface area contributed by atoms with Crippen molar-refractivity contribution in [3.05, 3.63) is 22.2 Å². The molecule has 15 heavy (non-hydrogen) atoms. The molecule has 1 aliphatic rings. The smallest absolute Gasteiger partial charge is 0.254 e. The lowest BCUT2D eigenvalue weighted by Gasteiger charge is -2.05. The Kier molecular flexibility index (Phi) is 3.01. The van der Waals surface area contributed by atoms with Crippen LogP contribution in [-0.4, -0.2) is 23.1 Å². The van der Waals surface area contributed by atoms with E-state index < -0.39 is 0 Å². The van der Waals surface area contributed by atoms with Crippen molar-refractivity contribution in [2.45, 2.75) is 25.2 Å². The third-order valence-corrected chi connectivity index (χ3v) is 2.30. The highest BCUT2D eigenvalue weighted by Gasteiger charge is 2.26. The van der Waals surface area contributed by atoms with Crippen LogP contribution in [0.25, 0.3) is 0 Å². The number of aromatic nitrogens is 2. The van der Waals surface area contributed by atoms with Crippen molar-refractivity contribution in [1.82, 2.24) is 9.97 Å². The molecule has 1 heterocycles. The predicted molar refractivity (Wildman–Crippen MR) is 56.0 cm³/mol. The molecule has 1 aliphatic carbocycles. The Morgan fingerprint density at radius 3 is 3.07 bits per heavy atom. The average molecular weight is 209 g/mol. The van der Waals surface area contributed by atoms with Gasteiger partial charge in [-0.2, -0.15) is 4.98 Å². The normalized spacial score (nSPS) is 15.3. The van der Waals surface area contributed by atoms with Gasteiger partial charge < -0.3 is 15.5 Å². The van der Waals surface area contributed by atoms with Gasteiger partial charge in [-0.3, -0.25) is 4.79 Å². The molecule has 5 heteroatoms. The van der Waals surface area contributed by atoms with Crippen LogP contribution in [-0.2, 0) is 0 Å². The van der Waals surface area contributed by atoms with Gasteiger partial charge in [0.25, 0.3) is 5.56 Å². The number of nitrogens with zero attached hydrogens (tertiary/aromatic N) is 1. The fraction of sp³-hybridized carbons (Fsp3) is 0.600. The molecule has 82 valence electrons. The number of hydrogen-bond donors (Lipinski definition) is 2. The molecule has 0 unspecified atom stereocenters. The van der Waals surface area contributed by atoms with E-state index in [0.29, 0.717) is 24.9 Å². The van der Waals surface area contributed by atoms with Crippen LogP contribution < -0.4 is 16.0 Å². The molecule has 0 aromatic carbocycles. The number of hydrogen-bond acceptors (Lipinski definition) is 4. The molecule has 0 aliphatic heterocycles. The molecule has 2 rings (SSSR count). The van der Waals surface area contributed by atoms with Gasteiger partial charge in [0.1, 0.15) is 5.82 Å². The van der Waals surface area contributed by atoms with Gasteiger partial charge in [0, 0.05) is 5.92 Å². The Labute approximate surface area is 87.7 Å². The minimum atomic E-state index is -0.144. The second kappa shape index (κ2) is 4.44. The van der Waals surface area contributed by atoms with E-state index in [1.807, 2.05) is 0 Å². The van der Waals surface area contributed by atoms with E-state index in [9.17, 15) is 4.79 Å². The maximum Gasteiger partial charge on any atom is 0.254 e. The molecule has 1 aromatic heterocycles. The summed E-state index contributed by atoms with van der Waals surface area (Å²) in [6.07, 6.45) is 2.98. The highest BCUT2D eigenvalue weighted by atomic mass is 16.5. The van der Waals surface area contributed by atoms with Crippen LogP contribution in [0.5, 0.6) is 5.88 Å². The summed E-state index contributed by atoms with van der Waals surface area (Å²) in [5, 5.41) is 0. The summed E-state index contributed by atoms with van der Waals surface area (Å²) >= 11 is 0. The first-order chi connectivity index (χ1) is 7.29. The van der Waals surface area contributed by atoms with E-state index >= 15 is 0 Å². The standard InChI is InChI=1S/C10H15N3O2/c11-4-1-5-15-9-6-8(14)12-10(13-9)7-2-3-7/h6-7H,1-5,11H2,(H,12,13,14). The predicted octanol–water partition coefficient (Wildman–Crippen LogP) is 0.375. The zero-order valence-corrected chi connectivity index (χ0v) is 8.53. The van der Waals surface area contributed by atoms with Crippen LogP contribution in [0.1, 0.15) is 31.0 Å². The molecule has 1 fully saturated rings. The van der Waals surface area contributed by atoms with E-state index in [2.05, 4.69) is 9.97 Å². The molecule has 1 saturated carbocycles. The number of aromatic amines is 1. The van der Waals surface area contributed by atoms with Gasteiger partial charge in [0.2, 0.25) is 5.88 Å². The molecule has 0 saturated heterocycles. The number of nitrogens with one attached hydrogen (secondary N) is 1. The van der Waals surface area contributed by atoms with Gasteiger partial charge >= 0.3 is 0 Å². The van der Waals surface area contributed by atoms with Crippen molar-refractivity contribution >= 4 is 0 Å². The van der Waals surface area contributed by atoms with Crippen LogP contribution in [0, 0.1) is 0 Å². The molecule has 5 nitrogen and oxygen atoms in total. The number of H-pyrrole nitrogens is 1. The van der Waals surface area contributed by atoms with Gasteiger partial charge in [0.15, 0.2) is 0 Å². The molecule has 0 atom stereocenters. The highest BCUT2D eigenvalue weighted by Crippen LogP contribution is 2.37. The van der Waals surface area contributed by atoms with Crippen LogP contribution >= 0.6 is 0 Å². The van der Waals surface area contributed by atoms with Crippen molar-refractivity contribution in [3.8, 4) is 5.88 Å². The first-order valence-electron chi connectivity index (χ1n) is 5.23. The first-order valence-corrected chi connectivity index (χ1v) is 5.23. The quantitative estimate of drug-likeness (QED) is 0.687. The van der Waals surface area contributed by atoms with Gasteiger partial charge in [-0.1, -0.05) is 0 Å². The maximum absolute atomic E-state index is 11.3. The Balaban J connectivity index is 2.06. The van der Waals surface area contributed by atoms with Crippen molar-refractivity contribution in [2.24, 2.45) is 5.73 Å². The van der Waals surface area contributed by atoms with Crippen molar-refractivity contribution < 1.29 is 4.74 Å². The fourth-order valence-corrected chi connectivity index (χ4v) is 1.34. The topological polar surface area (TPSA) is 81.0 Å². The van der Waals surface area contributed by atoms with Crippen LogP contribution in [0.3, 0.4) is 0 Å². The van der Waals surface area contributed by atoms with Crippen molar-refractivity contribution in [1.29, 1.82) is 0 Å². The van der Waals surface area contributed by atoms with Crippen molar-refractivity contribution in [3.63, 3.8) is 0 Å². The molecular weight excluding hydrogens is 194 g/mol. The number of nitrogens with two attached hydrogens (primary N) is 1. The number of ether oxygens (including phenoxy) is 1. The third-order valence-electron chi connectivity index (χ3n) is 2.30. The summed E-state index contributed by atoms with van der Waals surface area (Å²) in [6.45, 7) is 1.09. The van der Waals surface area contributed by atoms with Crippen LogP contribution in [0.2, 0.25) is 0 Å². The maximum atomic E-state index is 11.3. The van der Waals surface area contributed by atoms with Gasteiger partial charge in [-0.25, -0.2) is 0 Å². The summed E-state index contributed by atoms with van der Waals surface area (Å²) in [5.41, 5.74) is 5.20. The SMILES string of the molecule is NCCCOc1cc(=O)[nH]c(C2CC2)n1. The molecule has 0 bridgehead atoms. The Hall–Kier alpha value is -1.36. The summed E-state index contributed by atoms with van der Waals surface area (Å²) in [7, 11) is 0. The third kappa shape index (κ3) is 2.79. The molecular formula is C10H15N3O2. The second-order valence-electron chi connectivity index (χ2n) is 3.73. The van der Waals surface area contributed by atoms with Gasteiger partial charge in [0.05, 0.1) is 12.7 Å². The Bertz CT molecular complexity index is 384. The molecule has 1 aromatic rings. The molecule has 0 amide bonds. The second-order valence-corrected chi connectivity index (χ2v) is 3.73. The zero-order valence-electron chi connectivity index (χ0n) is 8.53. The first kappa shape index (κ1) is 10.2. The Morgan fingerprint density at radius 1 is 1.60 bits per heavy atom. The van der Waals surface area contributed by atoms with E-state index in [1.165, 1.54) is 6.07 Å². The molecule has 0 radical (unpaired) electrons. The van der Waals surface area contributed by atoms with Gasteiger partial charge in [-0.05, 0) is 25.8 Å². The lowest BCUT2D eigenvalue weighted by atomic mass is 10.4. The summed E-state index contributed by atoms with van der Waals surface area (Å²) in [6, 6.07) is 1.38. The summed E-state index contributed by atoms with van der Waals surface area (Å²) < 4.78 is 5.33. The van der Waals surface area contributed by atoms with E-state index in [-0.39, 0.29) is 5.56 Å². The fourth-order valence-electron chi connectivity index (χ4n) is 1.34. The molecule has 0 spiro atoms. The summed E-state index contributed by atoms with van der Waals surface area (Å²) in [4.78, 5) is 18.3. The Morgan fingerprint density at radius 2 is 2.40 bits per heavy atom. The van der Waals surface area contributed by atoms with Crippen molar-refractivity contribution in [2.75, 3.05) is 13.2 Å². The average Bonchev–Trinajstić information content (AvgIpc) is 3.00. The lowest BCUT2D eigenvalue weighted by molar-refractivity contribution is 0.299. The van der Waals surface area contributed by atoms with E-state index in [0.717, 1.165) is 25.1 Å². The zero-order chi connectivity index (χ0) is 10.7. The minimum absolute atomic E-state index is 0.144. The van der Waals surface area contributed by atoms with Gasteiger partial charge in [-0.15, -0.1) is 0 Å². The number of rotatable bonds is 5. The molecule has 3 N–H and O–H groups in total. The highest BCUT2D eigenvalue weighted by molar-refractivity contribution is 5.13. The monoisotopic (exact) mass is 209 g/mol. The minimum Gasteiger partial charge on any atom is -0.477 e. The van der Waals surface area contributed by atoms with Crippen LogP contribution in [0.4, 0.5) is 0 Å². The van der Waals surface area contributed by atoms with E-state index in [4.69, 9.17) is 10.5 Å². The summed E-state index contributed by atoms with van der Waals surface area (Å²) in [5.74, 6) is 1.59. The van der Waals surface area contributed by atoms with Crippen LogP contribution in [0.15, 0.2) is 10.9 Å². The van der Waals surface area contributed by atoms with E-state index in [1.54, 1.807) is 0 Å².